The van der Waals surface area contributed by atoms with E-state index in [0.717, 1.165) is 29.4 Å². The Morgan fingerprint density at radius 3 is 2.76 bits per heavy atom. The third-order valence-electron chi connectivity index (χ3n) is 5.40. The number of nitrogens with one attached hydrogen (secondary N) is 2. The fourth-order valence-corrected chi connectivity index (χ4v) is 4.33. The number of nitrogens with zero attached hydrogens (tertiary/aromatic N) is 3. The zero-order valence-corrected chi connectivity index (χ0v) is 15.2. The maximum atomic E-state index is 12.5. The van der Waals surface area contributed by atoms with Gasteiger partial charge in [-0.25, -0.2) is 4.79 Å². The number of hydrogen-bond acceptors (Lipinski definition) is 5. The van der Waals surface area contributed by atoms with Gasteiger partial charge in [-0.2, -0.15) is 0 Å². The number of benzene rings is 1. The third-order valence-corrected chi connectivity index (χ3v) is 5.81. The van der Waals surface area contributed by atoms with Gasteiger partial charge in [-0.05, 0) is 30.5 Å². The highest BCUT2D eigenvalue weighted by Crippen LogP contribution is 2.35. The van der Waals surface area contributed by atoms with E-state index < -0.39 is 6.04 Å². The Bertz CT molecular complexity index is 742. The average molecular weight is 364 g/mol. The Labute approximate surface area is 151 Å². The molecule has 1 aromatic rings. The molecule has 25 heavy (non-hydrogen) atoms. The first-order valence-corrected chi connectivity index (χ1v) is 8.87. The Hall–Kier alpha value is -1.83. The number of amides is 3. The minimum absolute atomic E-state index is 0.150. The standard InChI is InChI=1S/C17H22ClN5O2/c1-9-7-22(12-6-4-5-11(18)10(12)2)16-19-14-13(23(16)8-9)15(24)20-17(25)21(14)3/h4-6,9,13-14,16,19H,7-8H2,1-3H3,(H,20,24,25). The van der Waals surface area contributed by atoms with Gasteiger partial charge in [0.2, 0.25) is 5.91 Å². The van der Waals surface area contributed by atoms with Crippen LogP contribution < -0.4 is 15.5 Å². The number of urea groups is 1. The van der Waals surface area contributed by atoms with Crippen molar-refractivity contribution in [1.82, 2.24) is 20.4 Å². The van der Waals surface area contributed by atoms with Crippen molar-refractivity contribution in [2.45, 2.75) is 32.3 Å². The lowest BCUT2D eigenvalue weighted by Crippen LogP contribution is -2.65. The molecule has 3 aliphatic heterocycles. The van der Waals surface area contributed by atoms with E-state index in [1.165, 1.54) is 0 Å². The van der Waals surface area contributed by atoms with Crippen LogP contribution in [-0.4, -0.2) is 60.4 Å². The average Bonchev–Trinajstić information content (AvgIpc) is 2.94. The van der Waals surface area contributed by atoms with Crippen molar-refractivity contribution in [1.29, 1.82) is 0 Å². The Kier molecular flexibility index (Phi) is 3.90. The molecule has 7 nitrogen and oxygen atoms in total. The topological polar surface area (TPSA) is 67.9 Å². The number of carbonyl (C=O) groups excluding carboxylic acids is 2. The van der Waals surface area contributed by atoms with Gasteiger partial charge in [-0.1, -0.05) is 24.6 Å². The third kappa shape index (κ3) is 2.49. The van der Waals surface area contributed by atoms with Crippen molar-refractivity contribution in [3.8, 4) is 0 Å². The van der Waals surface area contributed by atoms with Gasteiger partial charge in [0.15, 0.2) is 0 Å². The number of hydrogen-bond donors (Lipinski definition) is 2. The lowest BCUT2D eigenvalue weighted by molar-refractivity contribution is -0.128. The fourth-order valence-electron chi connectivity index (χ4n) is 4.16. The summed E-state index contributed by atoms with van der Waals surface area (Å²) in [6.45, 7) is 5.83. The number of likely N-dealkylation sites (N-methyl/N-ethyl adjacent to an activating group) is 1. The minimum atomic E-state index is -0.391. The van der Waals surface area contributed by atoms with Crippen molar-refractivity contribution in [3.05, 3.63) is 28.8 Å². The van der Waals surface area contributed by atoms with E-state index in [1.54, 1.807) is 11.9 Å². The molecule has 3 fully saturated rings. The molecule has 3 aliphatic rings. The second-order valence-corrected chi connectivity index (χ2v) is 7.58. The summed E-state index contributed by atoms with van der Waals surface area (Å²) < 4.78 is 0. The van der Waals surface area contributed by atoms with E-state index >= 15 is 0 Å². The van der Waals surface area contributed by atoms with Gasteiger partial charge in [-0.15, -0.1) is 0 Å². The van der Waals surface area contributed by atoms with Crippen LogP contribution in [0.25, 0.3) is 0 Å². The summed E-state index contributed by atoms with van der Waals surface area (Å²) in [7, 11) is 1.71. The van der Waals surface area contributed by atoms with Crippen LogP contribution in [0, 0.1) is 12.8 Å². The molecule has 0 aromatic heterocycles. The molecule has 0 bridgehead atoms. The number of anilines is 1. The van der Waals surface area contributed by atoms with Crippen molar-refractivity contribution in [2.75, 3.05) is 25.0 Å². The predicted octanol–water partition coefficient (Wildman–Crippen LogP) is 1.17. The summed E-state index contributed by atoms with van der Waals surface area (Å²) in [4.78, 5) is 30.4. The first-order chi connectivity index (χ1) is 11.9. The molecule has 1 aromatic carbocycles. The second kappa shape index (κ2) is 5.86. The monoisotopic (exact) mass is 363 g/mol. The largest absolute Gasteiger partial charge is 0.343 e. The predicted molar refractivity (Wildman–Crippen MR) is 95.2 cm³/mol. The molecular formula is C17H22ClN5O2. The molecular weight excluding hydrogens is 342 g/mol. The smallest absolute Gasteiger partial charge is 0.325 e. The highest BCUT2D eigenvalue weighted by atomic mass is 35.5. The normalized spacial score (nSPS) is 32.5. The van der Waals surface area contributed by atoms with Gasteiger partial charge in [0.05, 0.1) is 0 Å². The summed E-state index contributed by atoms with van der Waals surface area (Å²) in [6.07, 6.45) is -0.485. The zero-order valence-electron chi connectivity index (χ0n) is 14.5. The highest BCUT2D eigenvalue weighted by Gasteiger charge is 2.54. The number of imide groups is 1. The minimum Gasteiger partial charge on any atom is -0.343 e. The summed E-state index contributed by atoms with van der Waals surface area (Å²) in [6, 6.07) is 5.12. The Balaban J connectivity index is 1.73. The molecule has 0 aliphatic carbocycles. The molecule has 4 unspecified atom stereocenters. The number of rotatable bonds is 1. The van der Waals surface area contributed by atoms with Crippen molar-refractivity contribution in [3.63, 3.8) is 0 Å². The highest BCUT2D eigenvalue weighted by molar-refractivity contribution is 6.31. The van der Waals surface area contributed by atoms with Gasteiger partial charge in [0.1, 0.15) is 18.5 Å². The number of carbonyl (C=O) groups is 2. The summed E-state index contributed by atoms with van der Waals surface area (Å²) in [5.41, 5.74) is 2.07. The summed E-state index contributed by atoms with van der Waals surface area (Å²) in [5.74, 6) is 0.144. The molecule has 0 spiro atoms. The van der Waals surface area contributed by atoms with Crippen LogP contribution in [0.3, 0.4) is 0 Å². The molecule has 3 amide bonds. The Morgan fingerprint density at radius 2 is 2.00 bits per heavy atom. The van der Waals surface area contributed by atoms with Gasteiger partial charge in [-0.3, -0.25) is 20.3 Å². The quantitative estimate of drug-likeness (QED) is 0.784. The summed E-state index contributed by atoms with van der Waals surface area (Å²) >= 11 is 6.32. The van der Waals surface area contributed by atoms with Crippen molar-refractivity contribution >= 4 is 29.2 Å². The molecule has 3 saturated heterocycles. The van der Waals surface area contributed by atoms with Crippen LogP contribution in [0.15, 0.2) is 18.2 Å². The molecule has 3 heterocycles. The lowest BCUT2D eigenvalue weighted by atomic mass is 10.0. The van der Waals surface area contributed by atoms with E-state index in [0.29, 0.717) is 5.92 Å². The second-order valence-electron chi connectivity index (χ2n) is 7.17. The lowest BCUT2D eigenvalue weighted by Gasteiger charge is -2.45. The van der Waals surface area contributed by atoms with Gasteiger partial charge < -0.3 is 9.80 Å². The van der Waals surface area contributed by atoms with E-state index in [9.17, 15) is 9.59 Å². The fraction of sp³-hybridized carbons (Fsp3) is 0.529. The van der Waals surface area contributed by atoms with E-state index in [4.69, 9.17) is 11.6 Å². The maximum absolute atomic E-state index is 12.5. The van der Waals surface area contributed by atoms with Crippen LogP contribution in [-0.2, 0) is 4.79 Å². The van der Waals surface area contributed by atoms with Crippen LogP contribution in [0.1, 0.15) is 12.5 Å². The van der Waals surface area contributed by atoms with Crippen LogP contribution in [0.5, 0.6) is 0 Å². The molecule has 8 heteroatoms. The van der Waals surface area contributed by atoms with E-state index in [2.05, 4.69) is 33.4 Å². The van der Waals surface area contributed by atoms with Crippen molar-refractivity contribution in [2.24, 2.45) is 5.92 Å². The molecule has 0 radical (unpaired) electrons. The summed E-state index contributed by atoms with van der Waals surface area (Å²) in [5, 5.41) is 6.65. The number of fused-ring (bicyclic) bond motifs is 3. The first-order valence-electron chi connectivity index (χ1n) is 8.49. The number of halogens is 1. The van der Waals surface area contributed by atoms with Gasteiger partial charge in [0, 0.05) is 30.8 Å². The van der Waals surface area contributed by atoms with E-state index in [-0.39, 0.29) is 24.4 Å². The molecule has 134 valence electrons. The van der Waals surface area contributed by atoms with Crippen LogP contribution >= 0.6 is 11.6 Å². The maximum Gasteiger partial charge on any atom is 0.325 e. The van der Waals surface area contributed by atoms with Crippen LogP contribution in [0.2, 0.25) is 5.02 Å². The molecule has 4 atom stereocenters. The SMILES string of the molecule is Cc1c(Cl)cccc1N1CC(C)CN2C3C(=O)NC(=O)N(C)C3NC12. The Morgan fingerprint density at radius 1 is 1.24 bits per heavy atom. The van der Waals surface area contributed by atoms with Gasteiger partial charge >= 0.3 is 6.03 Å². The molecule has 0 saturated carbocycles. The van der Waals surface area contributed by atoms with Gasteiger partial charge in [0.25, 0.3) is 0 Å². The van der Waals surface area contributed by atoms with Crippen molar-refractivity contribution < 1.29 is 9.59 Å². The van der Waals surface area contributed by atoms with Crippen LogP contribution in [0.4, 0.5) is 10.5 Å². The zero-order chi connectivity index (χ0) is 17.9. The first kappa shape index (κ1) is 16.6. The molecule has 4 rings (SSSR count). The molecule has 2 N–H and O–H groups in total. The van der Waals surface area contributed by atoms with E-state index in [1.807, 2.05) is 19.1 Å².